The summed E-state index contributed by atoms with van der Waals surface area (Å²) in [6.45, 7) is 4.48. The van der Waals surface area contributed by atoms with Crippen molar-refractivity contribution >= 4 is 0 Å². The molecule has 0 aromatic heterocycles. The summed E-state index contributed by atoms with van der Waals surface area (Å²) in [6.07, 6.45) is 0. The van der Waals surface area contributed by atoms with Crippen LogP contribution in [0.1, 0.15) is 19.4 Å². The molecule has 0 unspecified atom stereocenters. The van der Waals surface area contributed by atoms with Crippen LogP contribution in [0.5, 0.6) is 5.75 Å². The molecule has 0 N–H and O–H groups in total. The van der Waals surface area contributed by atoms with Crippen LogP contribution in [0.15, 0.2) is 24.3 Å². The van der Waals surface area contributed by atoms with E-state index in [2.05, 4.69) is 0 Å². The van der Waals surface area contributed by atoms with E-state index >= 15 is 0 Å². The molecule has 2 rings (SSSR count). The summed E-state index contributed by atoms with van der Waals surface area (Å²) in [4.78, 5) is 0. The molecule has 0 spiro atoms. The molecule has 64 valence electrons. The van der Waals surface area contributed by atoms with Gasteiger partial charge in [0.25, 0.3) is 0 Å². The molecule has 0 radical (unpaired) electrons. The maximum atomic E-state index is 5.60. The summed E-state index contributed by atoms with van der Waals surface area (Å²) in [7, 11) is 0. The number of hydrogen-bond acceptors (Lipinski definition) is 2. The number of hydrogen-bond donors (Lipinski definition) is 0. The highest BCUT2D eigenvalue weighted by atomic mass is 16.7. The van der Waals surface area contributed by atoms with Gasteiger partial charge in [-0.15, -0.1) is 0 Å². The van der Waals surface area contributed by atoms with Crippen molar-refractivity contribution in [1.82, 2.24) is 0 Å². The second kappa shape index (κ2) is 2.49. The number of fused-ring (bicyclic) bond motifs is 1. The fourth-order valence-electron chi connectivity index (χ4n) is 1.27. The average Bonchev–Trinajstić information content (AvgIpc) is 2.02. The normalized spacial score (nSPS) is 19.5. The van der Waals surface area contributed by atoms with Crippen molar-refractivity contribution in [2.45, 2.75) is 26.2 Å². The van der Waals surface area contributed by atoms with Crippen LogP contribution in [-0.2, 0) is 11.3 Å². The van der Waals surface area contributed by atoms with Gasteiger partial charge < -0.3 is 9.47 Å². The lowest BCUT2D eigenvalue weighted by Gasteiger charge is -2.32. The van der Waals surface area contributed by atoms with Gasteiger partial charge in [0.15, 0.2) is 0 Å². The molecule has 0 aliphatic carbocycles. The molecule has 1 aromatic carbocycles. The van der Waals surface area contributed by atoms with Gasteiger partial charge in [-0.3, -0.25) is 0 Å². The van der Waals surface area contributed by atoms with E-state index in [1.54, 1.807) is 0 Å². The van der Waals surface area contributed by atoms with Crippen LogP contribution in [-0.4, -0.2) is 5.79 Å². The summed E-state index contributed by atoms with van der Waals surface area (Å²) in [6, 6.07) is 7.95. The summed E-state index contributed by atoms with van der Waals surface area (Å²) < 4.78 is 11.1. The van der Waals surface area contributed by atoms with Gasteiger partial charge in [0.05, 0.1) is 6.61 Å². The summed E-state index contributed by atoms with van der Waals surface area (Å²) in [5.41, 5.74) is 1.12. The minimum atomic E-state index is -0.478. The highest BCUT2D eigenvalue weighted by Crippen LogP contribution is 2.30. The zero-order valence-corrected chi connectivity index (χ0v) is 7.33. The lowest BCUT2D eigenvalue weighted by atomic mass is 10.2. The Morgan fingerprint density at radius 2 is 2.00 bits per heavy atom. The third kappa shape index (κ3) is 1.30. The monoisotopic (exact) mass is 164 g/mol. The van der Waals surface area contributed by atoms with Crippen molar-refractivity contribution in [2.75, 3.05) is 0 Å². The Balaban J connectivity index is 2.35. The molecular weight excluding hydrogens is 152 g/mol. The van der Waals surface area contributed by atoms with E-state index < -0.39 is 5.79 Å². The lowest BCUT2D eigenvalue weighted by molar-refractivity contribution is -0.180. The van der Waals surface area contributed by atoms with Crippen LogP contribution >= 0.6 is 0 Å². The van der Waals surface area contributed by atoms with Gasteiger partial charge in [0.1, 0.15) is 5.75 Å². The standard InChI is InChI=1S/C10H12O2/c1-10(2)11-7-8-5-3-4-6-9(8)12-10/h3-6H,7H2,1-2H3. The van der Waals surface area contributed by atoms with E-state index in [9.17, 15) is 0 Å². The molecule has 0 saturated heterocycles. The van der Waals surface area contributed by atoms with Crippen LogP contribution in [0.3, 0.4) is 0 Å². The Kier molecular flexibility index (Phi) is 1.58. The Morgan fingerprint density at radius 3 is 2.83 bits per heavy atom. The van der Waals surface area contributed by atoms with Crippen molar-refractivity contribution in [1.29, 1.82) is 0 Å². The summed E-state index contributed by atoms with van der Waals surface area (Å²) in [5, 5.41) is 0. The van der Waals surface area contributed by atoms with Crippen molar-refractivity contribution in [3.05, 3.63) is 29.8 Å². The van der Waals surface area contributed by atoms with E-state index in [0.717, 1.165) is 11.3 Å². The smallest absolute Gasteiger partial charge is 0.205 e. The van der Waals surface area contributed by atoms with Gasteiger partial charge in [-0.2, -0.15) is 0 Å². The summed E-state index contributed by atoms with van der Waals surface area (Å²) in [5.74, 6) is 0.461. The van der Waals surface area contributed by atoms with Gasteiger partial charge in [-0.05, 0) is 6.07 Å². The lowest BCUT2D eigenvalue weighted by Crippen LogP contribution is -2.35. The first-order valence-electron chi connectivity index (χ1n) is 4.08. The van der Waals surface area contributed by atoms with Crippen LogP contribution in [0.2, 0.25) is 0 Å². The average molecular weight is 164 g/mol. The number of rotatable bonds is 0. The van der Waals surface area contributed by atoms with Gasteiger partial charge in [0.2, 0.25) is 5.79 Å². The Bertz CT molecular complexity index is 292. The molecule has 0 bridgehead atoms. The highest BCUT2D eigenvalue weighted by Gasteiger charge is 2.26. The predicted molar refractivity (Wildman–Crippen MR) is 45.9 cm³/mol. The number of para-hydroxylation sites is 1. The second-order valence-electron chi connectivity index (χ2n) is 3.40. The van der Waals surface area contributed by atoms with E-state index in [-0.39, 0.29) is 0 Å². The van der Waals surface area contributed by atoms with E-state index in [1.165, 1.54) is 0 Å². The molecule has 1 heterocycles. The molecule has 1 aliphatic rings. The molecule has 2 nitrogen and oxygen atoms in total. The van der Waals surface area contributed by atoms with E-state index in [1.807, 2.05) is 38.1 Å². The Morgan fingerprint density at radius 1 is 1.25 bits per heavy atom. The first-order chi connectivity index (χ1) is 5.67. The number of benzene rings is 1. The Labute approximate surface area is 72.1 Å². The minimum Gasteiger partial charge on any atom is -0.463 e. The van der Waals surface area contributed by atoms with Crippen molar-refractivity contribution < 1.29 is 9.47 Å². The van der Waals surface area contributed by atoms with Crippen molar-refractivity contribution in [3.8, 4) is 5.75 Å². The van der Waals surface area contributed by atoms with Crippen molar-refractivity contribution in [3.63, 3.8) is 0 Å². The SMILES string of the molecule is CC1(C)OCc2ccccc2O1. The first kappa shape index (κ1) is 7.62. The van der Waals surface area contributed by atoms with Gasteiger partial charge in [-0.25, -0.2) is 0 Å². The fraction of sp³-hybridized carbons (Fsp3) is 0.400. The van der Waals surface area contributed by atoms with E-state index in [4.69, 9.17) is 9.47 Å². The first-order valence-corrected chi connectivity index (χ1v) is 4.08. The van der Waals surface area contributed by atoms with Crippen LogP contribution in [0, 0.1) is 0 Å². The maximum absolute atomic E-state index is 5.60. The molecule has 0 atom stereocenters. The van der Waals surface area contributed by atoms with Crippen LogP contribution in [0.25, 0.3) is 0 Å². The van der Waals surface area contributed by atoms with Gasteiger partial charge in [0, 0.05) is 19.4 Å². The Hall–Kier alpha value is -1.02. The van der Waals surface area contributed by atoms with Crippen LogP contribution in [0.4, 0.5) is 0 Å². The van der Waals surface area contributed by atoms with E-state index in [0.29, 0.717) is 6.61 Å². The van der Waals surface area contributed by atoms with Crippen LogP contribution < -0.4 is 4.74 Å². The molecule has 0 amide bonds. The molecule has 12 heavy (non-hydrogen) atoms. The molecule has 2 heteroatoms. The molecule has 1 aliphatic heterocycles. The zero-order valence-electron chi connectivity index (χ0n) is 7.33. The third-order valence-electron chi connectivity index (χ3n) is 1.90. The van der Waals surface area contributed by atoms with Gasteiger partial charge >= 0.3 is 0 Å². The second-order valence-corrected chi connectivity index (χ2v) is 3.40. The molecule has 0 fully saturated rings. The fourth-order valence-corrected chi connectivity index (χ4v) is 1.27. The number of ether oxygens (including phenoxy) is 2. The molecule has 0 saturated carbocycles. The zero-order chi connectivity index (χ0) is 8.60. The highest BCUT2D eigenvalue weighted by molar-refractivity contribution is 5.34. The summed E-state index contributed by atoms with van der Waals surface area (Å²) >= 11 is 0. The topological polar surface area (TPSA) is 18.5 Å². The largest absolute Gasteiger partial charge is 0.463 e. The quantitative estimate of drug-likeness (QED) is 0.586. The predicted octanol–water partition coefficient (Wildman–Crippen LogP) is 2.33. The maximum Gasteiger partial charge on any atom is 0.205 e. The molecule has 1 aromatic rings. The third-order valence-corrected chi connectivity index (χ3v) is 1.90. The minimum absolute atomic E-state index is 0.478. The van der Waals surface area contributed by atoms with Gasteiger partial charge in [-0.1, -0.05) is 18.2 Å². The van der Waals surface area contributed by atoms with Crippen molar-refractivity contribution in [2.24, 2.45) is 0 Å². The molecular formula is C10H12O2.